The van der Waals surface area contributed by atoms with E-state index in [1.165, 1.54) is 6.07 Å². The zero-order chi connectivity index (χ0) is 15.9. The van der Waals surface area contributed by atoms with Gasteiger partial charge in [-0.25, -0.2) is 8.78 Å². The second kappa shape index (κ2) is 7.66. The number of benzene rings is 2. The summed E-state index contributed by atoms with van der Waals surface area (Å²) in [5.74, 6) is -1.99. The van der Waals surface area contributed by atoms with Gasteiger partial charge in [-0.15, -0.1) is 0 Å². The number of amides is 1. The Morgan fingerprint density at radius 3 is 2.45 bits per heavy atom. The minimum atomic E-state index is -0.908. The summed E-state index contributed by atoms with van der Waals surface area (Å²) >= 11 is 0. The van der Waals surface area contributed by atoms with Crippen molar-refractivity contribution in [2.45, 2.75) is 26.0 Å². The van der Waals surface area contributed by atoms with Crippen molar-refractivity contribution >= 4 is 5.91 Å². The molecular weight excluding hydrogens is 288 g/mol. The van der Waals surface area contributed by atoms with E-state index in [4.69, 9.17) is 0 Å². The minimum Gasteiger partial charge on any atom is -0.392 e. The van der Waals surface area contributed by atoms with Crippen LogP contribution in [-0.4, -0.2) is 11.0 Å². The SMILES string of the molecule is O=C(CCc1ccc(F)c(F)c1)NCc1ccccc1CO. The fourth-order valence-electron chi connectivity index (χ4n) is 2.12. The number of aliphatic hydroxyl groups excluding tert-OH is 1. The van der Waals surface area contributed by atoms with Gasteiger partial charge in [0.15, 0.2) is 11.6 Å². The van der Waals surface area contributed by atoms with Gasteiger partial charge in [-0.1, -0.05) is 30.3 Å². The molecule has 0 unspecified atom stereocenters. The first kappa shape index (κ1) is 16.1. The summed E-state index contributed by atoms with van der Waals surface area (Å²) in [6.07, 6.45) is 0.525. The third-order valence-corrected chi connectivity index (χ3v) is 3.39. The van der Waals surface area contributed by atoms with E-state index in [1.54, 1.807) is 6.07 Å². The molecule has 5 heteroatoms. The van der Waals surface area contributed by atoms with Gasteiger partial charge in [-0.2, -0.15) is 0 Å². The Morgan fingerprint density at radius 2 is 1.77 bits per heavy atom. The number of hydrogen-bond acceptors (Lipinski definition) is 2. The molecule has 0 spiro atoms. The summed E-state index contributed by atoms with van der Waals surface area (Å²) in [6, 6.07) is 10.9. The average molecular weight is 305 g/mol. The number of halogens is 2. The molecule has 2 N–H and O–H groups in total. The zero-order valence-corrected chi connectivity index (χ0v) is 12.0. The van der Waals surface area contributed by atoms with E-state index in [1.807, 2.05) is 18.2 Å². The van der Waals surface area contributed by atoms with Crippen molar-refractivity contribution in [3.8, 4) is 0 Å². The number of hydrogen-bond donors (Lipinski definition) is 2. The second-order valence-corrected chi connectivity index (χ2v) is 4.95. The van der Waals surface area contributed by atoms with E-state index in [0.29, 0.717) is 18.5 Å². The molecule has 2 aromatic carbocycles. The first-order valence-electron chi connectivity index (χ1n) is 6.98. The van der Waals surface area contributed by atoms with Crippen molar-refractivity contribution in [3.05, 3.63) is 70.8 Å². The van der Waals surface area contributed by atoms with E-state index < -0.39 is 11.6 Å². The molecule has 0 bridgehead atoms. The lowest BCUT2D eigenvalue weighted by molar-refractivity contribution is -0.121. The molecule has 0 radical (unpaired) electrons. The second-order valence-electron chi connectivity index (χ2n) is 4.95. The van der Waals surface area contributed by atoms with Crippen molar-refractivity contribution in [2.24, 2.45) is 0 Å². The van der Waals surface area contributed by atoms with Crippen molar-refractivity contribution < 1.29 is 18.7 Å². The van der Waals surface area contributed by atoms with Crippen LogP contribution in [0.15, 0.2) is 42.5 Å². The standard InChI is InChI=1S/C17H17F2NO2/c18-15-7-5-12(9-16(15)19)6-8-17(22)20-10-13-3-1-2-4-14(13)11-21/h1-5,7,9,21H,6,8,10-11H2,(H,20,22). The largest absolute Gasteiger partial charge is 0.392 e. The van der Waals surface area contributed by atoms with Gasteiger partial charge in [-0.3, -0.25) is 4.79 Å². The van der Waals surface area contributed by atoms with Crippen LogP contribution in [0.1, 0.15) is 23.1 Å². The third-order valence-electron chi connectivity index (χ3n) is 3.39. The van der Waals surface area contributed by atoms with Gasteiger partial charge in [0.05, 0.1) is 6.61 Å². The van der Waals surface area contributed by atoms with E-state index in [0.717, 1.165) is 23.3 Å². The van der Waals surface area contributed by atoms with Crippen LogP contribution < -0.4 is 5.32 Å². The number of aryl methyl sites for hydroxylation is 1. The van der Waals surface area contributed by atoms with Crippen molar-refractivity contribution in [1.29, 1.82) is 0 Å². The molecule has 0 aromatic heterocycles. The Hall–Kier alpha value is -2.27. The van der Waals surface area contributed by atoms with Crippen LogP contribution in [0.2, 0.25) is 0 Å². The highest BCUT2D eigenvalue weighted by atomic mass is 19.2. The van der Waals surface area contributed by atoms with E-state index in [-0.39, 0.29) is 18.9 Å². The fraction of sp³-hybridized carbons (Fsp3) is 0.235. The Bertz CT molecular complexity index is 659. The van der Waals surface area contributed by atoms with Crippen LogP contribution in [0.25, 0.3) is 0 Å². The van der Waals surface area contributed by atoms with E-state index in [9.17, 15) is 18.7 Å². The molecule has 0 aliphatic carbocycles. The maximum Gasteiger partial charge on any atom is 0.220 e. The highest BCUT2D eigenvalue weighted by Crippen LogP contribution is 2.11. The summed E-state index contributed by atoms with van der Waals surface area (Å²) in [5, 5.41) is 12.0. The lowest BCUT2D eigenvalue weighted by atomic mass is 10.1. The number of carbonyl (C=O) groups excluding carboxylic acids is 1. The third kappa shape index (κ3) is 4.36. The van der Waals surface area contributed by atoms with Crippen LogP contribution in [0.5, 0.6) is 0 Å². The predicted octanol–water partition coefficient (Wildman–Crippen LogP) is 2.71. The average Bonchev–Trinajstić information content (AvgIpc) is 2.54. The van der Waals surface area contributed by atoms with E-state index in [2.05, 4.69) is 5.32 Å². The number of aliphatic hydroxyl groups is 1. The Morgan fingerprint density at radius 1 is 1.05 bits per heavy atom. The number of nitrogens with one attached hydrogen (secondary N) is 1. The number of carbonyl (C=O) groups is 1. The number of rotatable bonds is 6. The maximum atomic E-state index is 13.1. The highest BCUT2D eigenvalue weighted by Gasteiger charge is 2.07. The van der Waals surface area contributed by atoms with Crippen LogP contribution in [0.4, 0.5) is 8.78 Å². The Balaban J connectivity index is 1.84. The molecule has 0 heterocycles. The zero-order valence-electron chi connectivity index (χ0n) is 12.0. The van der Waals surface area contributed by atoms with Gasteiger partial charge in [-0.05, 0) is 35.2 Å². The first-order chi connectivity index (χ1) is 10.6. The highest BCUT2D eigenvalue weighted by molar-refractivity contribution is 5.76. The smallest absolute Gasteiger partial charge is 0.220 e. The summed E-state index contributed by atoms with van der Waals surface area (Å²) < 4.78 is 25.9. The summed E-state index contributed by atoms with van der Waals surface area (Å²) in [4.78, 5) is 11.8. The van der Waals surface area contributed by atoms with Gasteiger partial charge in [0.1, 0.15) is 0 Å². The lowest BCUT2D eigenvalue weighted by Gasteiger charge is -2.09. The molecule has 1 amide bonds. The summed E-state index contributed by atoms with van der Waals surface area (Å²) in [5.41, 5.74) is 2.19. The molecule has 116 valence electrons. The van der Waals surface area contributed by atoms with Gasteiger partial charge in [0.2, 0.25) is 5.91 Å². The molecule has 0 atom stereocenters. The van der Waals surface area contributed by atoms with Gasteiger partial charge < -0.3 is 10.4 Å². The van der Waals surface area contributed by atoms with E-state index >= 15 is 0 Å². The molecule has 22 heavy (non-hydrogen) atoms. The van der Waals surface area contributed by atoms with Gasteiger partial charge >= 0.3 is 0 Å². The molecule has 0 aliphatic heterocycles. The molecule has 2 aromatic rings. The normalized spacial score (nSPS) is 10.5. The predicted molar refractivity (Wildman–Crippen MR) is 78.9 cm³/mol. The van der Waals surface area contributed by atoms with Crippen molar-refractivity contribution in [3.63, 3.8) is 0 Å². The summed E-state index contributed by atoms with van der Waals surface area (Å²) in [7, 11) is 0. The summed E-state index contributed by atoms with van der Waals surface area (Å²) in [6.45, 7) is 0.244. The maximum absolute atomic E-state index is 13.1. The topological polar surface area (TPSA) is 49.3 Å². The quantitative estimate of drug-likeness (QED) is 0.862. The molecule has 0 saturated carbocycles. The van der Waals surface area contributed by atoms with Crippen LogP contribution in [0, 0.1) is 11.6 Å². The van der Waals surface area contributed by atoms with Crippen molar-refractivity contribution in [1.82, 2.24) is 5.32 Å². The molecule has 0 saturated heterocycles. The van der Waals surface area contributed by atoms with Crippen LogP contribution in [0.3, 0.4) is 0 Å². The van der Waals surface area contributed by atoms with Gasteiger partial charge in [0, 0.05) is 13.0 Å². The first-order valence-corrected chi connectivity index (χ1v) is 6.98. The van der Waals surface area contributed by atoms with Crippen molar-refractivity contribution in [2.75, 3.05) is 0 Å². The Labute approximate surface area is 127 Å². The van der Waals surface area contributed by atoms with Crippen LogP contribution in [-0.2, 0) is 24.4 Å². The molecule has 0 aliphatic rings. The molecular formula is C17H17F2NO2. The lowest BCUT2D eigenvalue weighted by Crippen LogP contribution is -2.23. The Kier molecular flexibility index (Phi) is 5.61. The molecule has 2 rings (SSSR count). The minimum absolute atomic E-state index is 0.0824. The molecule has 3 nitrogen and oxygen atoms in total. The monoisotopic (exact) mass is 305 g/mol. The molecule has 0 fully saturated rings. The van der Waals surface area contributed by atoms with Crippen LogP contribution >= 0.6 is 0 Å². The van der Waals surface area contributed by atoms with Gasteiger partial charge in [0.25, 0.3) is 0 Å². The fourth-order valence-corrected chi connectivity index (χ4v) is 2.12.